The maximum Gasteiger partial charge on any atom is 0.269 e. The molecule has 7 nitrogen and oxygen atoms in total. The van der Waals surface area contributed by atoms with Crippen LogP contribution in [0.2, 0.25) is 0 Å². The summed E-state index contributed by atoms with van der Waals surface area (Å²) in [5, 5.41) is 12.5. The van der Waals surface area contributed by atoms with Gasteiger partial charge in [-0.3, -0.25) is 9.59 Å². The molecule has 0 spiro atoms. The van der Waals surface area contributed by atoms with Crippen molar-refractivity contribution in [2.75, 3.05) is 0 Å². The Bertz CT molecular complexity index is 819. The van der Waals surface area contributed by atoms with Crippen molar-refractivity contribution in [3.8, 4) is 0 Å². The van der Waals surface area contributed by atoms with E-state index < -0.39 is 11.6 Å². The molecular weight excluding hydrogens is 296 g/mol. The summed E-state index contributed by atoms with van der Waals surface area (Å²) < 4.78 is 5.20. The van der Waals surface area contributed by atoms with Crippen LogP contribution in [-0.4, -0.2) is 32.2 Å². The molecule has 3 aromatic rings. The molecule has 2 aromatic heterocycles. The normalized spacial score (nSPS) is 10.7. The zero-order chi connectivity index (χ0) is 16.2. The van der Waals surface area contributed by atoms with Gasteiger partial charge >= 0.3 is 0 Å². The number of aromatic amines is 1. The lowest BCUT2D eigenvalue weighted by atomic mass is 9.99. The highest BCUT2D eigenvalue weighted by Gasteiger charge is 2.22. The molecular formula is C16H14N4O3. The molecule has 0 aliphatic heterocycles. The van der Waals surface area contributed by atoms with E-state index in [1.807, 2.05) is 31.2 Å². The molecule has 0 atom stereocenters. The molecule has 0 aliphatic carbocycles. The van der Waals surface area contributed by atoms with E-state index in [0.717, 1.165) is 11.1 Å². The van der Waals surface area contributed by atoms with Gasteiger partial charge in [-0.05, 0) is 23.3 Å². The minimum Gasteiger partial charge on any atom is -0.472 e. The van der Waals surface area contributed by atoms with E-state index >= 15 is 0 Å². The van der Waals surface area contributed by atoms with Crippen molar-refractivity contribution in [1.82, 2.24) is 20.6 Å². The molecule has 7 heteroatoms. The van der Waals surface area contributed by atoms with Gasteiger partial charge < -0.3 is 4.42 Å². The van der Waals surface area contributed by atoms with Crippen LogP contribution in [-0.2, 0) is 17.6 Å². The van der Waals surface area contributed by atoms with Crippen molar-refractivity contribution in [3.05, 3.63) is 64.9 Å². The van der Waals surface area contributed by atoms with E-state index in [2.05, 4.69) is 20.6 Å². The van der Waals surface area contributed by atoms with Crippen molar-refractivity contribution in [3.63, 3.8) is 0 Å². The SMILES string of the molecule is Cc1ccc(Cc2cocc2CC(=O)C(=O)c2nn[nH]n2)cc1. The minimum absolute atomic E-state index is 0.0505. The number of tetrazole rings is 1. The summed E-state index contributed by atoms with van der Waals surface area (Å²) in [6.45, 7) is 2.02. The summed E-state index contributed by atoms with van der Waals surface area (Å²) in [7, 11) is 0. The number of H-pyrrole nitrogens is 1. The molecule has 2 heterocycles. The lowest BCUT2D eigenvalue weighted by molar-refractivity contribution is -0.114. The number of benzene rings is 1. The number of hydrogen-bond donors (Lipinski definition) is 1. The Labute approximate surface area is 131 Å². The minimum atomic E-state index is -0.763. The zero-order valence-corrected chi connectivity index (χ0v) is 12.4. The van der Waals surface area contributed by atoms with Crippen LogP contribution < -0.4 is 0 Å². The number of aromatic nitrogens is 4. The van der Waals surface area contributed by atoms with Crippen LogP contribution in [0.25, 0.3) is 0 Å². The van der Waals surface area contributed by atoms with Crippen molar-refractivity contribution < 1.29 is 14.0 Å². The van der Waals surface area contributed by atoms with Crippen LogP contribution >= 0.6 is 0 Å². The first-order valence-electron chi connectivity index (χ1n) is 7.04. The first-order valence-corrected chi connectivity index (χ1v) is 7.04. The van der Waals surface area contributed by atoms with E-state index in [1.165, 1.54) is 11.8 Å². The topological polar surface area (TPSA) is 102 Å². The van der Waals surface area contributed by atoms with E-state index in [-0.39, 0.29) is 12.2 Å². The summed E-state index contributed by atoms with van der Waals surface area (Å²) in [5.74, 6) is -1.59. The van der Waals surface area contributed by atoms with Gasteiger partial charge in [-0.25, -0.2) is 0 Å². The molecule has 0 unspecified atom stereocenters. The number of carbonyl (C=O) groups excluding carboxylic acids is 2. The van der Waals surface area contributed by atoms with Gasteiger partial charge in [0.15, 0.2) is 0 Å². The largest absolute Gasteiger partial charge is 0.472 e. The molecule has 0 radical (unpaired) electrons. The van der Waals surface area contributed by atoms with Crippen LogP contribution in [0.15, 0.2) is 41.2 Å². The predicted molar refractivity (Wildman–Crippen MR) is 79.9 cm³/mol. The number of hydrogen-bond acceptors (Lipinski definition) is 6. The fourth-order valence-corrected chi connectivity index (χ4v) is 2.22. The van der Waals surface area contributed by atoms with E-state index in [4.69, 9.17) is 4.42 Å². The second kappa shape index (κ2) is 6.35. The summed E-state index contributed by atoms with van der Waals surface area (Å²) in [5.41, 5.74) is 3.85. The highest BCUT2D eigenvalue weighted by molar-refractivity contribution is 6.43. The number of nitrogens with one attached hydrogen (secondary N) is 1. The zero-order valence-electron chi connectivity index (χ0n) is 12.4. The second-order valence-corrected chi connectivity index (χ2v) is 5.25. The fraction of sp³-hybridized carbons (Fsp3) is 0.188. The number of rotatable bonds is 6. The third kappa shape index (κ3) is 3.39. The summed E-state index contributed by atoms with van der Waals surface area (Å²) in [6.07, 6.45) is 3.67. The highest BCUT2D eigenvalue weighted by atomic mass is 16.3. The smallest absolute Gasteiger partial charge is 0.269 e. The number of nitrogens with zero attached hydrogens (tertiary/aromatic N) is 3. The molecule has 0 saturated carbocycles. The third-order valence-corrected chi connectivity index (χ3v) is 3.50. The van der Waals surface area contributed by atoms with Gasteiger partial charge in [-0.15, -0.1) is 10.2 Å². The van der Waals surface area contributed by atoms with Crippen LogP contribution in [0.5, 0.6) is 0 Å². The van der Waals surface area contributed by atoms with E-state index in [1.54, 1.807) is 6.26 Å². The average molecular weight is 310 g/mol. The van der Waals surface area contributed by atoms with Crippen LogP contribution in [0.4, 0.5) is 0 Å². The lowest BCUT2D eigenvalue weighted by Crippen LogP contribution is -2.18. The summed E-state index contributed by atoms with van der Waals surface area (Å²) >= 11 is 0. The molecule has 0 bridgehead atoms. The van der Waals surface area contributed by atoms with E-state index in [9.17, 15) is 9.59 Å². The Balaban J connectivity index is 1.72. The lowest BCUT2D eigenvalue weighted by Gasteiger charge is -2.03. The van der Waals surface area contributed by atoms with Crippen molar-refractivity contribution >= 4 is 11.6 Å². The molecule has 3 rings (SSSR count). The standard InChI is InChI=1S/C16H14N4O3/c1-10-2-4-11(5-3-10)6-12-8-23-9-13(12)7-14(21)15(22)16-17-19-20-18-16/h2-5,8-9H,6-7H2,1H3,(H,17,18,19,20). The van der Waals surface area contributed by atoms with Crippen LogP contribution in [0, 0.1) is 6.92 Å². The number of Topliss-reactive ketones (excluding diaryl/α,β-unsaturated/α-hetero) is 2. The summed E-state index contributed by atoms with van der Waals surface area (Å²) in [6, 6.07) is 8.11. The molecule has 0 aliphatic rings. The number of furan rings is 1. The summed E-state index contributed by atoms with van der Waals surface area (Å²) in [4.78, 5) is 23.9. The molecule has 0 saturated heterocycles. The van der Waals surface area contributed by atoms with Crippen molar-refractivity contribution in [2.45, 2.75) is 19.8 Å². The van der Waals surface area contributed by atoms with Gasteiger partial charge in [0.05, 0.1) is 12.5 Å². The van der Waals surface area contributed by atoms with Gasteiger partial charge in [0, 0.05) is 18.4 Å². The molecule has 1 N–H and O–H groups in total. The van der Waals surface area contributed by atoms with Gasteiger partial charge in [0.2, 0.25) is 11.6 Å². The van der Waals surface area contributed by atoms with Crippen molar-refractivity contribution in [1.29, 1.82) is 0 Å². The van der Waals surface area contributed by atoms with Gasteiger partial charge in [-0.2, -0.15) is 5.21 Å². The Morgan fingerprint density at radius 1 is 1.13 bits per heavy atom. The number of ketones is 2. The molecule has 1 aromatic carbocycles. The maximum absolute atomic E-state index is 12.0. The quantitative estimate of drug-likeness (QED) is 0.549. The van der Waals surface area contributed by atoms with Crippen LogP contribution in [0.3, 0.4) is 0 Å². The van der Waals surface area contributed by atoms with E-state index in [0.29, 0.717) is 12.0 Å². The Morgan fingerprint density at radius 2 is 1.87 bits per heavy atom. The van der Waals surface area contributed by atoms with Gasteiger partial charge in [0.25, 0.3) is 5.78 Å². The maximum atomic E-state index is 12.0. The van der Waals surface area contributed by atoms with Crippen LogP contribution in [0.1, 0.15) is 32.9 Å². The Kier molecular flexibility index (Phi) is 4.09. The molecule has 23 heavy (non-hydrogen) atoms. The molecule has 0 amide bonds. The predicted octanol–water partition coefficient (Wildman–Crippen LogP) is 1.69. The second-order valence-electron chi connectivity index (χ2n) is 5.25. The first kappa shape index (κ1) is 14.8. The Hall–Kier alpha value is -3.09. The monoisotopic (exact) mass is 310 g/mol. The van der Waals surface area contributed by atoms with Gasteiger partial charge in [0.1, 0.15) is 0 Å². The molecule has 0 fully saturated rings. The Morgan fingerprint density at radius 3 is 2.57 bits per heavy atom. The number of carbonyl (C=O) groups is 2. The average Bonchev–Trinajstić information content (AvgIpc) is 3.21. The fourth-order valence-electron chi connectivity index (χ4n) is 2.22. The third-order valence-electron chi connectivity index (χ3n) is 3.50. The highest BCUT2D eigenvalue weighted by Crippen LogP contribution is 2.17. The first-order chi connectivity index (χ1) is 11.1. The molecule has 116 valence electrons. The van der Waals surface area contributed by atoms with Gasteiger partial charge in [-0.1, -0.05) is 29.8 Å². The number of aryl methyl sites for hydroxylation is 1. The van der Waals surface area contributed by atoms with Crippen molar-refractivity contribution in [2.24, 2.45) is 0 Å².